The van der Waals surface area contributed by atoms with E-state index < -0.39 is 0 Å². The van der Waals surface area contributed by atoms with Crippen molar-refractivity contribution in [2.45, 2.75) is 57.5 Å². The lowest BCUT2D eigenvalue weighted by atomic mass is 9.85. The summed E-state index contributed by atoms with van der Waals surface area (Å²) in [5, 5.41) is 13.5. The number of hydrogen-bond acceptors (Lipinski definition) is 4. The number of hydrogen-bond donors (Lipinski definition) is 2. The van der Waals surface area contributed by atoms with E-state index in [0.717, 1.165) is 39.0 Å². The standard InChI is InChI=1S/C16H34N2O2/c1-5-10-17-16(13-19)9-6-7-15(16)8-11-18(3)14(2)12-20-4/h14-15,17,19H,5-13H2,1-4H3. The van der Waals surface area contributed by atoms with Gasteiger partial charge in [-0.25, -0.2) is 0 Å². The highest BCUT2D eigenvalue weighted by molar-refractivity contribution is 4.99. The van der Waals surface area contributed by atoms with Crippen LogP contribution in [0.15, 0.2) is 0 Å². The molecule has 4 heteroatoms. The van der Waals surface area contributed by atoms with Crippen LogP contribution >= 0.6 is 0 Å². The fourth-order valence-corrected chi connectivity index (χ4v) is 3.38. The van der Waals surface area contributed by atoms with Crippen LogP contribution in [0.1, 0.15) is 46.0 Å². The van der Waals surface area contributed by atoms with Gasteiger partial charge in [0.1, 0.15) is 0 Å². The second-order valence-corrected chi connectivity index (χ2v) is 6.40. The Morgan fingerprint density at radius 2 is 2.25 bits per heavy atom. The fourth-order valence-electron chi connectivity index (χ4n) is 3.38. The maximum Gasteiger partial charge on any atom is 0.0616 e. The summed E-state index contributed by atoms with van der Waals surface area (Å²) in [6, 6.07) is 0.452. The Morgan fingerprint density at radius 3 is 2.85 bits per heavy atom. The molecule has 0 aromatic rings. The van der Waals surface area contributed by atoms with Crippen LogP contribution in [0.4, 0.5) is 0 Å². The lowest BCUT2D eigenvalue weighted by Gasteiger charge is -2.36. The molecule has 4 nitrogen and oxygen atoms in total. The molecular formula is C16H34N2O2. The molecule has 0 heterocycles. The molecule has 1 rings (SSSR count). The van der Waals surface area contributed by atoms with Crippen molar-refractivity contribution in [3.8, 4) is 0 Å². The third-order valence-corrected chi connectivity index (χ3v) is 4.96. The Morgan fingerprint density at radius 1 is 1.50 bits per heavy atom. The zero-order valence-corrected chi connectivity index (χ0v) is 13.8. The highest BCUT2D eigenvalue weighted by atomic mass is 16.5. The SMILES string of the molecule is CCCNC1(CO)CCCC1CCN(C)C(C)COC. The Hall–Kier alpha value is -0.160. The summed E-state index contributed by atoms with van der Waals surface area (Å²) in [7, 11) is 3.92. The molecule has 120 valence electrons. The highest BCUT2D eigenvalue weighted by Crippen LogP contribution is 2.37. The van der Waals surface area contributed by atoms with Gasteiger partial charge in [0, 0.05) is 18.7 Å². The maximum atomic E-state index is 9.88. The average Bonchev–Trinajstić information content (AvgIpc) is 2.86. The summed E-state index contributed by atoms with van der Waals surface area (Å²) in [6.07, 6.45) is 5.87. The lowest BCUT2D eigenvalue weighted by Crippen LogP contribution is -2.52. The highest BCUT2D eigenvalue weighted by Gasteiger charge is 2.41. The van der Waals surface area contributed by atoms with E-state index in [2.05, 4.69) is 31.1 Å². The van der Waals surface area contributed by atoms with Crippen molar-refractivity contribution in [1.29, 1.82) is 0 Å². The molecule has 0 aromatic heterocycles. The van der Waals surface area contributed by atoms with Gasteiger partial charge in [-0.15, -0.1) is 0 Å². The second-order valence-electron chi connectivity index (χ2n) is 6.40. The first-order valence-corrected chi connectivity index (χ1v) is 8.14. The van der Waals surface area contributed by atoms with Gasteiger partial charge >= 0.3 is 0 Å². The van der Waals surface area contributed by atoms with Crippen LogP contribution in [0.2, 0.25) is 0 Å². The molecule has 3 unspecified atom stereocenters. The van der Waals surface area contributed by atoms with Crippen molar-refractivity contribution in [3.63, 3.8) is 0 Å². The first-order valence-electron chi connectivity index (χ1n) is 8.14. The number of rotatable bonds is 10. The van der Waals surface area contributed by atoms with E-state index in [1.807, 2.05) is 0 Å². The molecule has 0 bridgehead atoms. The first-order chi connectivity index (χ1) is 9.59. The van der Waals surface area contributed by atoms with Gasteiger partial charge in [0.2, 0.25) is 0 Å². The summed E-state index contributed by atoms with van der Waals surface area (Å²) in [6.45, 7) is 7.52. The molecule has 1 aliphatic rings. The average molecular weight is 286 g/mol. The van der Waals surface area contributed by atoms with Crippen molar-refractivity contribution in [3.05, 3.63) is 0 Å². The number of aliphatic hydroxyl groups is 1. The van der Waals surface area contributed by atoms with Crippen molar-refractivity contribution < 1.29 is 9.84 Å². The van der Waals surface area contributed by atoms with Crippen LogP contribution in [0.5, 0.6) is 0 Å². The molecule has 0 radical (unpaired) electrons. The van der Waals surface area contributed by atoms with Crippen molar-refractivity contribution in [2.24, 2.45) is 5.92 Å². The van der Waals surface area contributed by atoms with E-state index in [9.17, 15) is 5.11 Å². The van der Waals surface area contributed by atoms with Crippen LogP contribution in [0.3, 0.4) is 0 Å². The molecule has 0 spiro atoms. The number of nitrogens with one attached hydrogen (secondary N) is 1. The zero-order valence-electron chi connectivity index (χ0n) is 13.8. The quantitative estimate of drug-likeness (QED) is 0.643. The van der Waals surface area contributed by atoms with Gasteiger partial charge in [-0.3, -0.25) is 0 Å². The van der Waals surface area contributed by atoms with Crippen LogP contribution in [0.25, 0.3) is 0 Å². The van der Waals surface area contributed by atoms with E-state index in [1.165, 1.54) is 12.8 Å². The molecule has 2 N–H and O–H groups in total. The van der Waals surface area contributed by atoms with Gasteiger partial charge in [0.05, 0.1) is 13.2 Å². The molecule has 1 fully saturated rings. The van der Waals surface area contributed by atoms with E-state index >= 15 is 0 Å². The Bertz CT molecular complexity index is 263. The Kier molecular flexibility index (Phi) is 8.03. The molecule has 0 aromatic carbocycles. The number of ether oxygens (including phenoxy) is 1. The van der Waals surface area contributed by atoms with E-state index in [4.69, 9.17) is 4.74 Å². The number of methoxy groups -OCH3 is 1. The van der Waals surface area contributed by atoms with Crippen molar-refractivity contribution in [2.75, 3.05) is 40.5 Å². The normalized spacial score (nSPS) is 28.2. The zero-order chi connectivity index (χ0) is 15.0. The first kappa shape index (κ1) is 17.9. The summed E-state index contributed by atoms with van der Waals surface area (Å²) in [5.74, 6) is 0.594. The molecule has 0 saturated heterocycles. The smallest absolute Gasteiger partial charge is 0.0616 e. The Labute approximate surface area is 124 Å². The van der Waals surface area contributed by atoms with Gasteiger partial charge in [-0.2, -0.15) is 0 Å². The number of aliphatic hydroxyl groups excluding tert-OH is 1. The van der Waals surface area contributed by atoms with Crippen molar-refractivity contribution in [1.82, 2.24) is 10.2 Å². The van der Waals surface area contributed by atoms with Crippen LogP contribution in [-0.4, -0.2) is 62.0 Å². The van der Waals surface area contributed by atoms with Gasteiger partial charge in [-0.05, 0) is 58.7 Å². The van der Waals surface area contributed by atoms with Gasteiger partial charge in [0.15, 0.2) is 0 Å². The monoisotopic (exact) mass is 286 g/mol. The predicted octanol–water partition coefficient (Wildman–Crippen LogP) is 1.87. The summed E-state index contributed by atoms with van der Waals surface area (Å²) < 4.78 is 5.22. The Balaban J connectivity index is 2.48. The number of nitrogens with zero attached hydrogens (tertiary/aromatic N) is 1. The van der Waals surface area contributed by atoms with Crippen LogP contribution < -0.4 is 5.32 Å². The summed E-state index contributed by atoms with van der Waals surface area (Å²) >= 11 is 0. The summed E-state index contributed by atoms with van der Waals surface area (Å²) in [5.41, 5.74) is -0.0264. The van der Waals surface area contributed by atoms with Gasteiger partial charge < -0.3 is 20.1 Å². The maximum absolute atomic E-state index is 9.88. The van der Waals surface area contributed by atoms with Crippen LogP contribution in [0, 0.1) is 5.92 Å². The predicted molar refractivity (Wildman–Crippen MR) is 84.0 cm³/mol. The topological polar surface area (TPSA) is 44.7 Å². The van der Waals surface area contributed by atoms with Gasteiger partial charge in [-0.1, -0.05) is 13.3 Å². The van der Waals surface area contributed by atoms with E-state index in [-0.39, 0.29) is 12.1 Å². The van der Waals surface area contributed by atoms with Gasteiger partial charge in [0.25, 0.3) is 0 Å². The number of likely N-dealkylation sites (N-methyl/N-ethyl adjacent to an activating group) is 1. The van der Waals surface area contributed by atoms with E-state index in [0.29, 0.717) is 12.0 Å². The largest absolute Gasteiger partial charge is 0.394 e. The summed E-state index contributed by atoms with van der Waals surface area (Å²) in [4.78, 5) is 2.36. The minimum Gasteiger partial charge on any atom is -0.394 e. The molecule has 0 amide bonds. The molecule has 1 saturated carbocycles. The van der Waals surface area contributed by atoms with E-state index in [1.54, 1.807) is 7.11 Å². The minimum atomic E-state index is -0.0264. The second kappa shape index (κ2) is 8.98. The minimum absolute atomic E-state index is 0.0264. The van der Waals surface area contributed by atoms with Crippen molar-refractivity contribution >= 4 is 0 Å². The molecule has 1 aliphatic carbocycles. The third kappa shape index (κ3) is 4.69. The molecule has 3 atom stereocenters. The molecule has 0 aliphatic heterocycles. The lowest BCUT2D eigenvalue weighted by molar-refractivity contribution is 0.0914. The van der Waals surface area contributed by atoms with Crippen LogP contribution in [-0.2, 0) is 4.74 Å². The third-order valence-electron chi connectivity index (χ3n) is 4.96. The molecule has 20 heavy (non-hydrogen) atoms. The molecular weight excluding hydrogens is 252 g/mol. The fraction of sp³-hybridized carbons (Fsp3) is 1.00.